The van der Waals surface area contributed by atoms with Gasteiger partial charge in [-0.05, 0) is 24.3 Å². The molecule has 2 aromatic carbocycles. The minimum Gasteiger partial charge on any atom is -0.398 e. The van der Waals surface area contributed by atoms with Gasteiger partial charge in [-0.15, -0.1) is 0 Å². The van der Waals surface area contributed by atoms with Crippen LogP contribution in [0.1, 0.15) is 15.9 Å². The molecule has 0 heterocycles. The van der Waals surface area contributed by atoms with Gasteiger partial charge in [0.15, 0.2) is 0 Å². The van der Waals surface area contributed by atoms with E-state index >= 15 is 0 Å². The predicted octanol–water partition coefficient (Wildman–Crippen LogP) is 3.32. The van der Waals surface area contributed by atoms with E-state index in [1.807, 2.05) is 24.3 Å². The highest BCUT2D eigenvalue weighted by Crippen LogP contribution is 2.21. The first-order chi connectivity index (χ1) is 9.61. The Morgan fingerprint density at radius 1 is 1.30 bits per heavy atom. The lowest BCUT2D eigenvalue weighted by molar-refractivity contribution is 0.102. The summed E-state index contributed by atoms with van der Waals surface area (Å²) < 4.78 is 5.10. The van der Waals surface area contributed by atoms with Crippen LogP contribution in [0.3, 0.4) is 0 Å². The van der Waals surface area contributed by atoms with Gasteiger partial charge >= 0.3 is 0 Å². The molecule has 104 valence electrons. The second-order valence-electron chi connectivity index (χ2n) is 4.28. The zero-order valence-electron chi connectivity index (χ0n) is 11.0. The average molecular weight is 291 g/mol. The molecular formula is C15H15ClN2O2. The van der Waals surface area contributed by atoms with Crippen molar-refractivity contribution in [3.8, 4) is 0 Å². The zero-order valence-corrected chi connectivity index (χ0v) is 11.8. The molecule has 4 nitrogen and oxygen atoms in total. The van der Waals surface area contributed by atoms with Gasteiger partial charge in [-0.25, -0.2) is 0 Å². The highest BCUT2D eigenvalue weighted by Gasteiger charge is 2.12. The third kappa shape index (κ3) is 3.29. The molecule has 0 aliphatic heterocycles. The van der Waals surface area contributed by atoms with E-state index in [-0.39, 0.29) is 5.91 Å². The molecule has 3 N–H and O–H groups in total. The van der Waals surface area contributed by atoms with Gasteiger partial charge in [0.25, 0.3) is 5.91 Å². The quantitative estimate of drug-likeness (QED) is 0.849. The van der Waals surface area contributed by atoms with Crippen molar-refractivity contribution in [3.63, 3.8) is 0 Å². The fourth-order valence-electron chi connectivity index (χ4n) is 1.85. The van der Waals surface area contributed by atoms with Crippen LogP contribution in [0.15, 0.2) is 42.5 Å². The topological polar surface area (TPSA) is 64.3 Å². The van der Waals surface area contributed by atoms with Crippen molar-refractivity contribution in [2.75, 3.05) is 18.2 Å². The lowest BCUT2D eigenvalue weighted by atomic mass is 10.1. The SMILES string of the molecule is COCc1ccccc1NC(=O)c1ccc(Cl)cc1N. The number of rotatable bonds is 4. The average Bonchev–Trinajstić information content (AvgIpc) is 2.41. The van der Waals surface area contributed by atoms with E-state index in [2.05, 4.69) is 5.32 Å². The smallest absolute Gasteiger partial charge is 0.257 e. The summed E-state index contributed by atoms with van der Waals surface area (Å²) in [6.07, 6.45) is 0. The Hall–Kier alpha value is -2.04. The summed E-state index contributed by atoms with van der Waals surface area (Å²) in [6, 6.07) is 12.2. The number of nitrogens with two attached hydrogens (primary N) is 1. The van der Waals surface area contributed by atoms with Gasteiger partial charge < -0.3 is 15.8 Å². The molecule has 0 atom stereocenters. The number of halogens is 1. The molecule has 5 heteroatoms. The largest absolute Gasteiger partial charge is 0.398 e. The maximum atomic E-state index is 12.2. The lowest BCUT2D eigenvalue weighted by Crippen LogP contribution is -2.15. The van der Waals surface area contributed by atoms with Gasteiger partial charge in [-0.2, -0.15) is 0 Å². The highest BCUT2D eigenvalue weighted by molar-refractivity contribution is 6.31. The van der Waals surface area contributed by atoms with Gasteiger partial charge in [0, 0.05) is 29.1 Å². The summed E-state index contributed by atoms with van der Waals surface area (Å²) >= 11 is 5.82. The van der Waals surface area contributed by atoms with Crippen LogP contribution in [0.25, 0.3) is 0 Å². The summed E-state index contributed by atoms with van der Waals surface area (Å²) in [5, 5.41) is 3.33. The molecule has 0 radical (unpaired) electrons. The summed E-state index contributed by atoms with van der Waals surface area (Å²) in [4.78, 5) is 12.2. The molecule has 0 saturated carbocycles. The Balaban J connectivity index is 2.23. The highest BCUT2D eigenvalue weighted by atomic mass is 35.5. The number of para-hydroxylation sites is 1. The number of hydrogen-bond donors (Lipinski definition) is 2. The zero-order chi connectivity index (χ0) is 14.5. The number of benzene rings is 2. The fourth-order valence-corrected chi connectivity index (χ4v) is 2.03. The summed E-state index contributed by atoms with van der Waals surface area (Å²) in [7, 11) is 1.61. The van der Waals surface area contributed by atoms with Gasteiger partial charge in [0.05, 0.1) is 12.2 Å². The maximum absolute atomic E-state index is 12.2. The van der Waals surface area contributed by atoms with Crippen molar-refractivity contribution in [2.24, 2.45) is 0 Å². The van der Waals surface area contributed by atoms with Crippen molar-refractivity contribution < 1.29 is 9.53 Å². The maximum Gasteiger partial charge on any atom is 0.257 e. The Morgan fingerprint density at radius 3 is 2.75 bits per heavy atom. The molecule has 0 bridgehead atoms. The molecule has 0 aliphatic carbocycles. The summed E-state index contributed by atoms with van der Waals surface area (Å²) in [5.41, 5.74) is 8.14. The normalized spacial score (nSPS) is 10.3. The number of carbonyl (C=O) groups is 1. The molecule has 0 spiro atoms. The van der Waals surface area contributed by atoms with E-state index < -0.39 is 0 Å². The molecule has 20 heavy (non-hydrogen) atoms. The lowest BCUT2D eigenvalue weighted by Gasteiger charge is -2.11. The number of methoxy groups -OCH3 is 1. The van der Waals surface area contributed by atoms with Crippen LogP contribution < -0.4 is 11.1 Å². The monoisotopic (exact) mass is 290 g/mol. The molecular weight excluding hydrogens is 276 g/mol. The van der Waals surface area contributed by atoms with Crippen molar-refractivity contribution in [2.45, 2.75) is 6.61 Å². The fraction of sp³-hybridized carbons (Fsp3) is 0.133. The molecule has 0 aliphatic rings. The number of nitrogen functional groups attached to an aromatic ring is 1. The van der Waals surface area contributed by atoms with Crippen LogP contribution in [0.4, 0.5) is 11.4 Å². The van der Waals surface area contributed by atoms with Crippen LogP contribution in [-0.4, -0.2) is 13.0 Å². The second kappa shape index (κ2) is 6.41. The van der Waals surface area contributed by atoms with E-state index in [9.17, 15) is 4.79 Å². The number of amides is 1. The molecule has 1 amide bonds. The summed E-state index contributed by atoms with van der Waals surface area (Å²) in [6.45, 7) is 0.423. The van der Waals surface area contributed by atoms with Gasteiger partial charge in [0.2, 0.25) is 0 Å². The van der Waals surface area contributed by atoms with Gasteiger partial charge in [-0.1, -0.05) is 29.8 Å². The van der Waals surface area contributed by atoms with Crippen LogP contribution >= 0.6 is 11.6 Å². The van der Waals surface area contributed by atoms with E-state index in [1.165, 1.54) is 0 Å². The van der Waals surface area contributed by atoms with Crippen molar-refractivity contribution in [1.82, 2.24) is 0 Å². The van der Waals surface area contributed by atoms with Crippen LogP contribution in [0.2, 0.25) is 5.02 Å². The first-order valence-electron chi connectivity index (χ1n) is 6.05. The number of hydrogen-bond acceptors (Lipinski definition) is 3. The number of carbonyl (C=O) groups excluding carboxylic acids is 1. The first kappa shape index (κ1) is 14.4. The Bertz CT molecular complexity index is 629. The molecule has 0 fully saturated rings. The molecule has 2 rings (SSSR count). The van der Waals surface area contributed by atoms with E-state index in [0.717, 1.165) is 5.56 Å². The van der Waals surface area contributed by atoms with Crippen LogP contribution in [0.5, 0.6) is 0 Å². The predicted molar refractivity (Wildman–Crippen MR) is 81.0 cm³/mol. The van der Waals surface area contributed by atoms with Gasteiger partial charge in [-0.3, -0.25) is 4.79 Å². The van der Waals surface area contributed by atoms with E-state index in [0.29, 0.717) is 28.6 Å². The molecule has 0 aromatic heterocycles. The minimum atomic E-state index is -0.275. The Kier molecular flexibility index (Phi) is 4.61. The molecule has 0 unspecified atom stereocenters. The molecule has 0 saturated heterocycles. The Morgan fingerprint density at radius 2 is 2.05 bits per heavy atom. The van der Waals surface area contributed by atoms with Crippen molar-refractivity contribution in [1.29, 1.82) is 0 Å². The number of nitrogens with one attached hydrogen (secondary N) is 1. The first-order valence-corrected chi connectivity index (χ1v) is 6.43. The van der Waals surface area contributed by atoms with E-state index in [4.69, 9.17) is 22.1 Å². The van der Waals surface area contributed by atoms with Crippen LogP contribution in [-0.2, 0) is 11.3 Å². The van der Waals surface area contributed by atoms with Crippen molar-refractivity contribution in [3.05, 3.63) is 58.6 Å². The third-order valence-electron chi connectivity index (χ3n) is 2.82. The standard InChI is InChI=1S/C15H15ClN2O2/c1-20-9-10-4-2-3-5-14(10)18-15(19)12-7-6-11(16)8-13(12)17/h2-8H,9,17H2,1H3,(H,18,19). The van der Waals surface area contributed by atoms with Crippen LogP contribution in [0, 0.1) is 0 Å². The van der Waals surface area contributed by atoms with Gasteiger partial charge in [0.1, 0.15) is 0 Å². The number of ether oxygens (including phenoxy) is 1. The summed E-state index contributed by atoms with van der Waals surface area (Å²) in [5.74, 6) is -0.275. The molecule has 2 aromatic rings. The Labute approximate surface area is 122 Å². The minimum absolute atomic E-state index is 0.275. The third-order valence-corrected chi connectivity index (χ3v) is 3.06. The van der Waals surface area contributed by atoms with E-state index in [1.54, 1.807) is 25.3 Å². The van der Waals surface area contributed by atoms with Crippen molar-refractivity contribution >= 4 is 28.9 Å². The number of anilines is 2. The second-order valence-corrected chi connectivity index (χ2v) is 4.71.